The maximum atomic E-state index is 13.4. The molecule has 0 saturated heterocycles. The molecule has 0 saturated carbocycles. The molecular weight excluding hydrogens is 209 g/mol. The van der Waals surface area contributed by atoms with Gasteiger partial charge in [0.15, 0.2) is 17.9 Å². The molecule has 82 valence electrons. The molecule has 1 aromatic heterocycles. The Bertz CT molecular complexity index is 519. The number of methoxy groups -OCH3 is 1. The molecule has 0 bridgehead atoms. The number of carbonyl (C=O) groups excluding carboxylic acids is 1. The number of halogens is 1. The summed E-state index contributed by atoms with van der Waals surface area (Å²) in [6, 6.07) is 8.00. The minimum Gasteiger partial charge on any atom is -0.494 e. The molecule has 0 aliphatic heterocycles. The summed E-state index contributed by atoms with van der Waals surface area (Å²) in [5.41, 5.74) is 1.83. The van der Waals surface area contributed by atoms with Crippen LogP contribution in [0, 0.1) is 5.82 Å². The van der Waals surface area contributed by atoms with E-state index in [1.807, 2.05) is 0 Å². The van der Waals surface area contributed by atoms with Crippen molar-refractivity contribution in [3.8, 4) is 17.0 Å². The van der Waals surface area contributed by atoms with Gasteiger partial charge < -0.3 is 9.72 Å². The minimum atomic E-state index is -0.428. The summed E-state index contributed by atoms with van der Waals surface area (Å²) in [5.74, 6) is -0.229. The topological polar surface area (TPSA) is 42.1 Å². The zero-order valence-electron chi connectivity index (χ0n) is 8.66. The number of benzene rings is 1. The molecule has 2 rings (SSSR count). The van der Waals surface area contributed by atoms with Crippen LogP contribution >= 0.6 is 0 Å². The second-order valence-electron chi connectivity index (χ2n) is 3.29. The van der Waals surface area contributed by atoms with Crippen molar-refractivity contribution in [3.05, 3.63) is 41.8 Å². The number of aromatic amines is 1. The molecular formula is C12H10FNO2. The predicted octanol–water partition coefficient (Wildman–Crippen LogP) is 2.64. The van der Waals surface area contributed by atoms with Crippen molar-refractivity contribution < 1.29 is 13.9 Å². The first kappa shape index (κ1) is 10.4. The maximum Gasteiger partial charge on any atom is 0.166 e. The molecule has 2 aromatic rings. The van der Waals surface area contributed by atoms with Gasteiger partial charge in [0.2, 0.25) is 0 Å². The summed E-state index contributed by atoms with van der Waals surface area (Å²) in [6.07, 6.45) is 0.712. The zero-order chi connectivity index (χ0) is 11.5. The van der Waals surface area contributed by atoms with Crippen molar-refractivity contribution in [1.82, 2.24) is 4.98 Å². The van der Waals surface area contributed by atoms with E-state index in [2.05, 4.69) is 4.98 Å². The van der Waals surface area contributed by atoms with Gasteiger partial charge in [-0.2, -0.15) is 0 Å². The van der Waals surface area contributed by atoms with Gasteiger partial charge in [-0.15, -0.1) is 0 Å². The van der Waals surface area contributed by atoms with Gasteiger partial charge in [-0.1, -0.05) is 0 Å². The average Bonchev–Trinajstić information content (AvgIpc) is 2.77. The number of nitrogens with one attached hydrogen (secondary N) is 1. The summed E-state index contributed by atoms with van der Waals surface area (Å²) in [6.45, 7) is 0. The number of ether oxygens (including phenoxy) is 1. The molecule has 0 unspecified atom stereocenters. The van der Waals surface area contributed by atoms with Gasteiger partial charge in [-0.3, -0.25) is 4.79 Å². The van der Waals surface area contributed by atoms with Crippen molar-refractivity contribution in [2.75, 3.05) is 7.11 Å². The lowest BCUT2D eigenvalue weighted by molar-refractivity contribution is 0.111. The van der Waals surface area contributed by atoms with E-state index >= 15 is 0 Å². The van der Waals surface area contributed by atoms with Crippen LogP contribution in [0.5, 0.6) is 5.75 Å². The molecule has 0 spiro atoms. The minimum absolute atomic E-state index is 0.200. The summed E-state index contributed by atoms with van der Waals surface area (Å²) < 4.78 is 18.2. The molecule has 4 heteroatoms. The van der Waals surface area contributed by atoms with Crippen LogP contribution in [0.4, 0.5) is 4.39 Å². The van der Waals surface area contributed by atoms with E-state index in [1.165, 1.54) is 13.2 Å². The highest BCUT2D eigenvalue weighted by atomic mass is 19.1. The van der Waals surface area contributed by atoms with Crippen molar-refractivity contribution in [1.29, 1.82) is 0 Å². The lowest BCUT2D eigenvalue weighted by Crippen LogP contribution is -1.88. The van der Waals surface area contributed by atoms with Gasteiger partial charge in [0.1, 0.15) is 0 Å². The van der Waals surface area contributed by atoms with Crippen molar-refractivity contribution in [2.45, 2.75) is 0 Å². The third-order valence-corrected chi connectivity index (χ3v) is 2.30. The molecule has 3 nitrogen and oxygen atoms in total. The number of aldehydes is 1. The number of aromatic nitrogens is 1. The normalized spacial score (nSPS) is 10.1. The van der Waals surface area contributed by atoms with Gasteiger partial charge in [0.05, 0.1) is 12.8 Å². The van der Waals surface area contributed by atoms with Crippen LogP contribution in [0.25, 0.3) is 11.3 Å². The van der Waals surface area contributed by atoms with Crippen LogP contribution in [0.2, 0.25) is 0 Å². The molecule has 0 aliphatic carbocycles. The SMILES string of the molecule is COc1ccc(-c2ccc(C=O)[nH]2)cc1F. The lowest BCUT2D eigenvalue weighted by atomic mass is 10.1. The van der Waals surface area contributed by atoms with Gasteiger partial charge in [-0.05, 0) is 30.3 Å². The quantitative estimate of drug-likeness (QED) is 0.806. The summed E-state index contributed by atoms with van der Waals surface area (Å²) >= 11 is 0. The molecule has 1 aromatic carbocycles. The van der Waals surface area contributed by atoms with E-state index in [0.29, 0.717) is 23.2 Å². The van der Waals surface area contributed by atoms with Gasteiger partial charge in [0, 0.05) is 11.3 Å². The fourth-order valence-corrected chi connectivity index (χ4v) is 1.48. The monoisotopic (exact) mass is 219 g/mol. The fourth-order valence-electron chi connectivity index (χ4n) is 1.48. The Hall–Kier alpha value is -2.10. The van der Waals surface area contributed by atoms with E-state index in [1.54, 1.807) is 24.3 Å². The third kappa shape index (κ3) is 1.82. The molecule has 0 radical (unpaired) electrons. The van der Waals surface area contributed by atoms with E-state index in [0.717, 1.165) is 0 Å². The molecule has 0 amide bonds. The standard InChI is InChI=1S/C12H10FNO2/c1-16-12-5-2-8(6-10(12)13)11-4-3-9(7-15)14-11/h2-7,14H,1H3. The van der Waals surface area contributed by atoms with Crippen LogP contribution in [0.1, 0.15) is 10.5 Å². The van der Waals surface area contributed by atoms with Crippen LogP contribution < -0.4 is 4.74 Å². The number of carbonyl (C=O) groups is 1. The van der Waals surface area contributed by atoms with Gasteiger partial charge in [-0.25, -0.2) is 4.39 Å². The molecule has 0 atom stereocenters. The van der Waals surface area contributed by atoms with Gasteiger partial charge in [0.25, 0.3) is 0 Å². The van der Waals surface area contributed by atoms with E-state index in [4.69, 9.17) is 4.74 Å². The molecule has 1 N–H and O–H groups in total. The summed E-state index contributed by atoms with van der Waals surface area (Å²) in [4.78, 5) is 13.4. The smallest absolute Gasteiger partial charge is 0.166 e. The molecule has 1 heterocycles. The zero-order valence-corrected chi connectivity index (χ0v) is 8.66. The molecule has 0 fully saturated rings. The highest BCUT2D eigenvalue weighted by Gasteiger charge is 2.06. The number of rotatable bonds is 3. The maximum absolute atomic E-state index is 13.4. The van der Waals surface area contributed by atoms with Crippen LogP contribution in [0.3, 0.4) is 0 Å². The van der Waals surface area contributed by atoms with E-state index in [9.17, 15) is 9.18 Å². The Kier molecular flexibility index (Phi) is 2.72. The lowest BCUT2D eigenvalue weighted by Gasteiger charge is -2.03. The fraction of sp³-hybridized carbons (Fsp3) is 0.0833. The van der Waals surface area contributed by atoms with Crippen LogP contribution in [-0.4, -0.2) is 18.4 Å². The Balaban J connectivity index is 2.40. The van der Waals surface area contributed by atoms with E-state index in [-0.39, 0.29) is 5.75 Å². The van der Waals surface area contributed by atoms with Crippen LogP contribution in [-0.2, 0) is 0 Å². The number of hydrogen-bond acceptors (Lipinski definition) is 2. The number of hydrogen-bond donors (Lipinski definition) is 1. The predicted molar refractivity (Wildman–Crippen MR) is 58.1 cm³/mol. The molecule has 16 heavy (non-hydrogen) atoms. The summed E-state index contributed by atoms with van der Waals surface area (Å²) in [7, 11) is 1.41. The summed E-state index contributed by atoms with van der Waals surface area (Å²) in [5, 5.41) is 0. The molecule has 0 aliphatic rings. The Labute approximate surface area is 91.9 Å². The van der Waals surface area contributed by atoms with Gasteiger partial charge >= 0.3 is 0 Å². The van der Waals surface area contributed by atoms with Crippen LogP contribution in [0.15, 0.2) is 30.3 Å². The highest BCUT2D eigenvalue weighted by molar-refractivity contribution is 5.75. The first-order valence-corrected chi connectivity index (χ1v) is 4.72. The first-order chi connectivity index (χ1) is 7.74. The van der Waals surface area contributed by atoms with Crippen molar-refractivity contribution in [2.24, 2.45) is 0 Å². The van der Waals surface area contributed by atoms with Crippen molar-refractivity contribution >= 4 is 6.29 Å². The second kappa shape index (κ2) is 4.18. The second-order valence-corrected chi connectivity index (χ2v) is 3.29. The Morgan fingerprint density at radius 1 is 1.31 bits per heavy atom. The largest absolute Gasteiger partial charge is 0.494 e. The highest BCUT2D eigenvalue weighted by Crippen LogP contribution is 2.24. The van der Waals surface area contributed by atoms with Crippen molar-refractivity contribution in [3.63, 3.8) is 0 Å². The Morgan fingerprint density at radius 2 is 2.12 bits per heavy atom. The first-order valence-electron chi connectivity index (χ1n) is 4.72. The Morgan fingerprint density at radius 3 is 2.69 bits per heavy atom. The average molecular weight is 219 g/mol. The number of H-pyrrole nitrogens is 1. The third-order valence-electron chi connectivity index (χ3n) is 2.30. The van der Waals surface area contributed by atoms with E-state index < -0.39 is 5.82 Å².